The van der Waals surface area contributed by atoms with Gasteiger partial charge in [-0.2, -0.15) is 0 Å². The van der Waals surface area contributed by atoms with Crippen LogP contribution in [-0.4, -0.2) is 0 Å². The Hall–Kier alpha value is -1.76. The zero-order valence-corrected chi connectivity index (χ0v) is 7.73. The van der Waals surface area contributed by atoms with Crippen molar-refractivity contribution in [3.8, 4) is 5.75 Å². The van der Waals surface area contributed by atoms with E-state index in [-0.39, 0.29) is 7.43 Å². The Balaban J connectivity index is 0.000000853. The lowest BCUT2D eigenvalue weighted by molar-refractivity contribution is 0.431. The molecular formula is C14H14O. The van der Waals surface area contributed by atoms with E-state index in [0.717, 1.165) is 23.5 Å². The average Bonchev–Trinajstić information content (AvgIpc) is 2.26. The maximum Gasteiger partial charge on any atom is 0.134 e. The number of fused-ring (bicyclic) bond motifs is 2. The molecule has 1 aromatic rings. The molecule has 1 aliphatic heterocycles. The van der Waals surface area contributed by atoms with Crippen molar-refractivity contribution in [2.24, 2.45) is 0 Å². The van der Waals surface area contributed by atoms with Crippen LogP contribution in [-0.2, 0) is 0 Å². The maximum atomic E-state index is 5.78. The van der Waals surface area contributed by atoms with Crippen molar-refractivity contribution in [1.82, 2.24) is 0 Å². The molecule has 15 heavy (non-hydrogen) atoms. The van der Waals surface area contributed by atoms with Crippen LogP contribution >= 0.6 is 0 Å². The Morgan fingerprint density at radius 2 is 2.00 bits per heavy atom. The highest BCUT2D eigenvalue weighted by molar-refractivity contribution is 5.69. The molecule has 0 N–H and O–H groups in total. The van der Waals surface area contributed by atoms with Crippen molar-refractivity contribution in [3.63, 3.8) is 0 Å². The molecule has 0 fully saturated rings. The van der Waals surface area contributed by atoms with E-state index in [1.807, 2.05) is 18.2 Å². The largest absolute Gasteiger partial charge is 0.456 e. The van der Waals surface area contributed by atoms with Gasteiger partial charge in [-0.15, -0.1) is 0 Å². The lowest BCUT2D eigenvalue weighted by atomic mass is 10.0. The third-order valence-electron chi connectivity index (χ3n) is 2.47. The third-order valence-corrected chi connectivity index (χ3v) is 2.47. The summed E-state index contributed by atoms with van der Waals surface area (Å²) in [6.07, 6.45) is 9.51. The molecular weight excluding hydrogens is 184 g/mol. The van der Waals surface area contributed by atoms with Gasteiger partial charge in [0.25, 0.3) is 0 Å². The van der Waals surface area contributed by atoms with Crippen LogP contribution in [0.15, 0.2) is 53.8 Å². The third kappa shape index (κ3) is 1.61. The fourth-order valence-electron chi connectivity index (χ4n) is 1.77. The number of rotatable bonds is 0. The molecule has 3 rings (SSSR count). The minimum Gasteiger partial charge on any atom is -0.456 e. The van der Waals surface area contributed by atoms with Gasteiger partial charge in [0.2, 0.25) is 0 Å². The molecule has 76 valence electrons. The molecule has 0 aromatic heterocycles. The van der Waals surface area contributed by atoms with Gasteiger partial charge in [0, 0.05) is 11.1 Å². The Kier molecular flexibility index (Phi) is 2.46. The highest BCUT2D eigenvalue weighted by Crippen LogP contribution is 2.33. The summed E-state index contributed by atoms with van der Waals surface area (Å²) in [5.74, 6) is 1.95. The number of allylic oxidation sites excluding steroid dienone is 3. The summed E-state index contributed by atoms with van der Waals surface area (Å²) in [6.45, 7) is 0. The fourth-order valence-corrected chi connectivity index (χ4v) is 1.77. The number of ether oxygens (including phenoxy) is 1. The lowest BCUT2D eigenvalue weighted by Gasteiger charge is -2.20. The van der Waals surface area contributed by atoms with Crippen LogP contribution < -0.4 is 4.74 Å². The monoisotopic (exact) mass is 198 g/mol. The zero-order chi connectivity index (χ0) is 9.38. The van der Waals surface area contributed by atoms with Gasteiger partial charge in [-0.3, -0.25) is 0 Å². The smallest absolute Gasteiger partial charge is 0.134 e. The highest BCUT2D eigenvalue weighted by atomic mass is 16.5. The van der Waals surface area contributed by atoms with Gasteiger partial charge in [0.15, 0.2) is 0 Å². The summed E-state index contributed by atoms with van der Waals surface area (Å²) in [5, 5.41) is 0. The van der Waals surface area contributed by atoms with E-state index in [2.05, 4.69) is 30.4 Å². The molecule has 0 saturated heterocycles. The predicted octanol–water partition coefficient (Wildman–Crippen LogP) is 3.94. The van der Waals surface area contributed by atoms with Crippen molar-refractivity contribution < 1.29 is 4.74 Å². The number of benzene rings is 1. The summed E-state index contributed by atoms with van der Waals surface area (Å²) < 4.78 is 5.78. The fraction of sp³-hybridized carbons (Fsp3) is 0.143. The minimum absolute atomic E-state index is 0. The van der Waals surface area contributed by atoms with Crippen molar-refractivity contribution in [2.75, 3.05) is 0 Å². The van der Waals surface area contributed by atoms with Crippen LogP contribution in [0.3, 0.4) is 0 Å². The van der Waals surface area contributed by atoms with Crippen LogP contribution in [0.25, 0.3) is 6.08 Å². The molecule has 1 heterocycles. The Morgan fingerprint density at radius 1 is 1.13 bits per heavy atom. The molecule has 0 bridgehead atoms. The number of hydrogen-bond donors (Lipinski definition) is 0. The average molecular weight is 198 g/mol. The van der Waals surface area contributed by atoms with Crippen LogP contribution in [0, 0.1) is 0 Å². The van der Waals surface area contributed by atoms with Crippen LogP contribution in [0.5, 0.6) is 5.75 Å². The highest BCUT2D eigenvalue weighted by Gasteiger charge is 2.15. The topological polar surface area (TPSA) is 9.23 Å². The quantitative estimate of drug-likeness (QED) is 0.613. The van der Waals surface area contributed by atoms with Crippen molar-refractivity contribution in [1.29, 1.82) is 0 Å². The molecule has 0 atom stereocenters. The van der Waals surface area contributed by atoms with E-state index in [9.17, 15) is 0 Å². The van der Waals surface area contributed by atoms with Crippen LogP contribution in [0.4, 0.5) is 0 Å². The standard InChI is InChI=1S/C13H10O.CH4/c1-3-7-12-10(5-1)9-11-6-2-4-8-13(11)14-12;/h1-3,5-9H,4H2;1H4. The summed E-state index contributed by atoms with van der Waals surface area (Å²) in [6, 6.07) is 8.10. The normalized spacial score (nSPS) is 16.3. The Bertz CT molecular complexity index is 464. The van der Waals surface area contributed by atoms with E-state index >= 15 is 0 Å². The van der Waals surface area contributed by atoms with E-state index in [1.54, 1.807) is 0 Å². The molecule has 0 amide bonds. The first kappa shape index (κ1) is 9.78. The summed E-state index contributed by atoms with van der Waals surface area (Å²) in [7, 11) is 0. The first-order chi connectivity index (χ1) is 6.93. The molecule has 1 nitrogen and oxygen atoms in total. The van der Waals surface area contributed by atoms with Crippen molar-refractivity contribution in [3.05, 3.63) is 59.4 Å². The Labute approximate surface area is 90.4 Å². The van der Waals surface area contributed by atoms with E-state index in [1.165, 1.54) is 5.57 Å². The molecule has 0 radical (unpaired) electrons. The second-order valence-electron chi connectivity index (χ2n) is 3.45. The first-order valence-electron chi connectivity index (χ1n) is 4.79. The van der Waals surface area contributed by atoms with Gasteiger partial charge >= 0.3 is 0 Å². The van der Waals surface area contributed by atoms with Gasteiger partial charge in [0.05, 0.1) is 0 Å². The van der Waals surface area contributed by atoms with Gasteiger partial charge < -0.3 is 4.74 Å². The Morgan fingerprint density at radius 3 is 2.93 bits per heavy atom. The summed E-state index contributed by atoms with van der Waals surface area (Å²) in [5.41, 5.74) is 2.33. The van der Waals surface area contributed by atoms with E-state index in [4.69, 9.17) is 4.74 Å². The molecule has 0 saturated carbocycles. The second kappa shape index (κ2) is 3.77. The minimum atomic E-state index is 0. The van der Waals surface area contributed by atoms with Crippen molar-refractivity contribution >= 4 is 6.08 Å². The van der Waals surface area contributed by atoms with Crippen LogP contribution in [0.1, 0.15) is 19.4 Å². The van der Waals surface area contributed by atoms with E-state index < -0.39 is 0 Å². The van der Waals surface area contributed by atoms with E-state index in [0.29, 0.717) is 0 Å². The second-order valence-corrected chi connectivity index (χ2v) is 3.45. The summed E-state index contributed by atoms with van der Waals surface area (Å²) >= 11 is 0. The number of para-hydroxylation sites is 1. The van der Waals surface area contributed by atoms with Gasteiger partial charge in [-0.1, -0.05) is 37.8 Å². The molecule has 1 aromatic carbocycles. The zero-order valence-electron chi connectivity index (χ0n) is 7.73. The van der Waals surface area contributed by atoms with Gasteiger partial charge in [-0.25, -0.2) is 0 Å². The summed E-state index contributed by atoms with van der Waals surface area (Å²) in [4.78, 5) is 0. The molecule has 1 heteroatoms. The number of hydrogen-bond acceptors (Lipinski definition) is 1. The molecule has 1 aliphatic carbocycles. The molecule has 0 unspecified atom stereocenters. The van der Waals surface area contributed by atoms with Crippen LogP contribution in [0.2, 0.25) is 0 Å². The molecule has 0 spiro atoms. The predicted molar refractivity (Wildman–Crippen MR) is 63.6 cm³/mol. The maximum absolute atomic E-state index is 5.78. The van der Waals surface area contributed by atoms with Gasteiger partial charge in [-0.05, 0) is 24.6 Å². The van der Waals surface area contributed by atoms with Crippen molar-refractivity contribution in [2.45, 2.75) is 13.8 Å². The van der Waals surface area contributed by atoms with Gasteiger partial charge in [0.1, 0.15) is 11.5 Å². The lowest BCUT2D eigenvalue weighted by Crippen LogP contribution is -2.05. The molecule has 2 aliphatic rings. The first-order valence-corrected chi connectivity index (χ1v) is 4.79. The SMILES string of the molecule is C.C1=CC2=Cc3ccccc3OC2=CC1.